The summed E-state index contributed by atoms with van der Waals surface area (Å²) in [7, 11) is 4.42. The number of nitrogens with zero attached hydrogens (tertiary/aromatic N) is 2. The van der Waals surface area contributed by atoms with E-state index in [1.165, 1.54) is 77.5 Å². The largest absolute Gasteiger partial charge is 0.308 e. The molecule has 0 amide bonds. The normalized spacial score (nSPS) is 38.9. The second-order valence-electron chi connectivity index (χ2n) is 8.65. The van der Waals surface area contributed by atoms with E-state index in [1.807, 2.05) is 11.1 Å². The van der Waals surface area contributed by atoms with Gasteiger partial charge in [0.2, 0.25) is 0 Å². The van der Waals surface area contributed by atoms with E-state index >= 15 is 0 Å². The van der Waals surface area contributed by atoms with Crippen LogP contribution >= 0.6 is 0 Å². The minimum atomic E-state index is 0.979. The van der Waals surface area contributed by atoms with Crippen molar-refractivity contribution in [1.29, 1.82) is 0 Å². The van der Waals surface area contributed by atoms with Gasteiger partial charge in [-0.05, 0) is 76.3 Å². The van der Waals surface area contributed by atoms with Crippen molar-refractivity contribution in [3.05, 3.63) is 11.1 Å². The molecule has 3 fully saturated rings. The molecule has 0 aromatic rings. The topological polar surface area (TPSA) is 6.48 Å². The minimum absolute atomic E-state index is 0.979. The van der Waals surface area contributed by atoms with E-state index in [0.29, 0.717) is 0 Å². The van der Waals surface area contributed by atoms with Crippen molar-refractivity contribution in [1.82, 2.24) is 9.80 Å². The number of hydrogen-bond donors (Lipinski definition) is 0. The molecule has 4 aliphatic rings. The zero-order chi connectivity index (χ0) is 15.1. The fourth-order valence-corrected chi connectivity index (χ4v) is 6.14. The summed E-state index contributed by atoms with van der Waals surface area (Å²) in [6.07, 6.45) is 11.9. The van der Waals surface area contributed by atoms with Gasteiger partial charge in [0.15, 0.2) is 0 Å². The van der Waals surface area contributed by atoms with E-state index in [2.05, 4.69) is 23.9 Å². The Morgan fingerprint density at radius 3 is 1.91 bits per heavy atom. The molecule has 2 saturated carbocycles. The van der Waals surface area contributed by atoms with E-state index in [1.54, 1.807) is 0 Å². The maximum Gasteiger partial charge on any atom is 0.0109 e. The van der Waals surface area contributed by atoms with Gasteiger partial charge in [-0.3, -0.25) is 0 Å². The van der Waals surface area contributed by atoms with Gasteiger partial charge in [-0.15, -0.1) is 0 Å². The molecule has 2 heteroatoms. The first kappa shape index (κ1) is 15.2. The van der Waals surface area contributed by atoms with E-state index in [-0.39, 0.29) is 0 Å². The number of likely N-dealkylation sites (tertiary alicyclic amines) is 1. The molecule has 3 aliphatic carbocycles. The van der Waals surface area contributed by atoms with Crippen LogP contribution < -0.4 is 0 Å². The predicted octanol–water partition coefficient (Wildman–Crippen LogP) is 3.79. The van der Waals surface area contributed by atoms with E-state index in [0.717, 1.165) is 23.7 Å². The lowest BCUT2D eigenvalue weighted by Gasteiger charge is -2.46. The Bertz CT molecular complexity index is 405. The van der Waals surface area contributed by atoms with E-state index in [9.17, 15) is 0 Å². The lowest BCUT2D eigenvalue weighted by molar-refractivity contribution is 0.174. The van der Waals surface area contributed by atoms with Crippen molar-refractivity contribution in [2.24, 2.45) is 23.7 Å². The average molecular weight is 303 g/mol. The van der Waals surface area contributed by atoms with Crippen molar-refractivity contribution >= 4 is 0 Å². The fraction of sp³-hybridized carbons (Fsp3) is 0.900. The molecule has 0 radical (unpaired) electrons. The SMILES string of the molecule is CN(C)CCN1C[C@@H]2[C@@H](C1)[C@H]1CCCCC1=C1CCCC[C@H]12. The van der Waals surface area contributed by atoms with Gasteiger partial charge in [0.05, 0.1) is 0 Å². The quantitative estimate of drug-likeness (QED) is 0.732. The minimum Gasteiger partial charge on any atom is -0.308 e. The number of fused-ring (bicyclic) bond motifs is 5. The van der Waals surface area contributed by atoms with Crippen LogP contribution in [0.2, 0.25) is 0 Å². The van der Waals surface area contributed by atoms with Crippen LogP contribution in [0.5, 0.6) is 0 Å². The van der Waals surface area contributed by atoms with Crippen molar-refractivity contribution in [2.75, 3.05) is 40.3 Å². The molecule has 124 valence electrons. The smallest absolute Gasteiger partial charge is 0.0109 e. The third-order valence-electron chi connectivity index (χ3n) is 7.12. The van der Waals surface area contributed by atoms with Crippen molar-refractivity contribution in [3.63, 3.8) is 0 Å². The van der Waals surface area contributed by atoms with Gasteiger partial charge in [-0.25, -0.2) is 0 Å². The molecule has 1 heterocycles. The van der Waals surface area contributed by atoms with E-state index in [4.69, 9.17) is 0 Å². The fourth-order valence-electron chi connectivity index (χ4n) is 6.14. The maximum atomic E-state index is 2.80. The van der Waals surface area contributed by atoms with Crippen molar-refractivity contribution < 1.29 is 0 Å². The highest BCUT2D eigenvalue weighted by Crippen LogP contribution is 2.54. The number of allylic oxidation sites excluding steroid dienone is 2. The van der Waals surface area contributed by atoms with Gasteiger partial charge in [-0.1, -0.05) is 24.0 Å². The lowest BCUT2D eigenvalue weighted by Crippen LogP contribution is -2.38. The molecular weight excluding hydrogens is 268 g/mol. The molecule has 0 spiro atoms. The summed E-state index contributed by atoms with van der Waals surface area (Å²) in [4.78, 5) is 5.15. The predicted molar refractivity (Wildman–Crippen MR) is 92.9 cm³/mol. The summed E-state index contributed by atoms with van der Waals surface area (Å²) in [6.45, 7) is 5.30. The summed E-state index contributed by atoms with van der Waals surface area (Å²) in [5, 5.41) is 0. The van der Waals surface area contributed by atoms with Gasteiger partial charge in [-0.2, -0.15) is 0 Å². The third kappa shape index (κ3) is 2.67. The molecule has 4 rings (SSSR count). The van der Waals surface area contributed by atoms with Crippen LogP contribution in [-0.2, 0) is 0 Å². The highest BCUT2D eigenvalue weighted by Gasteiger charge is 2.48. The summed E-state index contributed by atoms with van der Waals surface area (Å²) in [5.41, 5.74) is 3.96. The zero-order valence-electron chi connectivity index (χ0n) is 14.7. The molecule has 1 aliphatic heterocycles. The molecule has 1 saturated heterocycles. The second kappa shape index (κ2) is 6.28. The summed E-state index contributed by atoms with van der Waals surface area (Å²) >= 11 is 0. The molecule has 0 aromatic carbocycles. The molecule has 0 bridgehead atoms. The van der Waals surface area contributed by atoms with Crippen LogP contribution in [0.3, 0.4) is 0 Å². The summed E-state index contributed by atoms with van der Waals surface area (Å²) in [5.74, 6) is 3.97. The van der Waals surface area contributed by atoms with Gasteiger partial charge in [0, 0.05) is 26.2 Å². The van der Waals surface area contributed by atoms with Crippen LogP contribution in [0.15, 0.2) is 11.1 Å². The van der Waals surface area contributed by atoms with Gasteiger partial charge >= 0.3 is 0 Å². The molecule has 4 atom stereocenters. The first-order chi connectivity index (χ1) is 10.7. The lowest BCUT2D eigenvalue weighted by atomic mass is 9.58. The standard InChI is InChI=1S/C20H34N2/c1-21(2)11-12-22-13-19-17-9-5-3-7-15(17)16-8-4-6-10-18(16)20(19)14-22/h17-20H,3-14H2,1-2H3/t17-,18+,19-,20-/m0/s1. The Balaban J connectivity index is 1.55. The highest BCUT2D eigenvalue weighted by atomic mass is 15.2. The van der Waals surface area contributed by atoms with Crippen LogP contribution in [0, 0.1) is 23.7 Å². The van der Waals surface area contributed by atoms with Crippen LogP contribution in [-0.4, -0.2) is 50.1 Å². The first-order valence-electron chi connectivity index (χ1n) is 9.83. The van der Waals surface area contributed by atoms with Crippen molar-refractivity contribution in [3.8, 4) is 0 Å². The monoisotopic (exact) mass is 302 g/mol. The van der Waals surface area contributed by atoms with Gasteiger partial charge in [0.1, 0.15) is 0 Å². The summed E-state index contributed by atoms with van der Waals surface area (Å²) < 4.78 is 0. The Morgan fingerprint density at radius 1 is 0.864 bits per heavy atom. The van der Waals surface area contributed by atoms with Crippen LogP contribution in [0.1, 0.15) is 51.4 Å². The van der Waals surface area contributed by atoms with E-state index < -0.39 is 0 Å². The molecule has 22 heavy (non-hydrogen) atoms. The maximum absolute atomic E-state index is 2.80. The number of hydrogen-bond acceptors (Lipinski definition) is 2. The van der Waals surface area contributed by atoms with Gasteiger partial charge < -0.3 is 9.80 Å². The molecular formula is C20H34N2. The first-order valence-corrected chi connectivity index (χ1v) is 9.83. The molecule has 0 aromatic heterocycles. The zero-order valence-corrected chi connectivity index (χ0v) is 14.7. The Kier molecular flexibility index (Phi) is 4.34. The summed E-state index contributed by atoms with van der Waals surface area (Å²) in [6, 6.07) is 0. The third-order valence-corrected chi connectivity index (χ3v) is 7.12. The number of likely N-dealkylation sites (N-methyl/N-ethyl adjacent to an activating group) is 1. The molecule has 0 unspecified atom stereocenters. The van der Waals surface area contributed by atoms with Crippen LogP contribution in [0.4, 0.5) is 0 Å². The number of rotatable bonds is 3. The molecule has 2 nitrogen and oxygen atoms in total. The molecule has 0 N–H and O–H groups in total. The Labute approximate surface area is 136 Å². The van der Waals surface area contributed by atoms with Crippen LogP contribution in [0.25, 0.3) is 0 Å². The highest BCUT2D eigenvalue weighted by molar-refractivity contribution is 5.29. The second-order valence-corrected chi connectivity index (χ2v) is 8.65. The van der Waals surface area contributed by atoms with Gasteiger partial charge in [0.25, 0.3) is 0 Å². The Hall–Kier alpha value is -0.340. The Morgan fingerprint density at radius 2 is 1.41 bits per heavy atom. The average Bonchev–Trinajstić information content (AvgIpc) is 2.98. The van der Waals surface area contributed by atoms with Crippen molar-refractivity contribution in [2.45, 2.75) is 51.4 Å².